The van der Waals surface area contributed by atoms with Gasteiger partial charge in [-0.1, -0.05) is 53.6 Å². The molecule has 0 aromatic heterocycles. The van der Waals surface area contributed by atoms with Gasteiger partial charge in [0, 0.05) is 23.3 Å². The summed E-state index contributed by atoms with van der Waals surface area (Å²) in [5.41, 5.74) is 7.97. The smallest absolute Gasteiger partial charge is 0.194 e. The van der Waals surface area contributed by atoms with Gasteiger partial charge in [0.25, 0.3) is 0 Å². The molecule has 2 aromatic rings. The minimum atomic E-state index is 0.335. The largest absolute Gasteiger partial charge is 0.203 e. The van der Waals surface area contributed by atoms with Gasteiger partial charge < -0.3 is 0 Å². The van der Waals surface area contributed by atoms with E-state index < -0.39 is 0 Å². The van der Waals surface area contributed by atoms with Gasteiger partial charge in [-0.2, -0.15) is 4.58 Å². The molecule has 0 saturated heterocycles. The van der Waals surface area contributed by atoms with Crippen molar-refractivity contribution < 1.29 is 4.58 Å². The second kappa shape index (κ2) is 4.56. The quantitative estimate of drug-likeness (QED) is 0.672. The summed E-state index contributed by atoms with van der Waals surface area (Å²) >= 11 is 0. The van der Waals surface area contributed by atoms with Crippen LogP contribution in [0.2, 0.25) is 0 Å². The van der Waals surface area contributed by atoms with Crippen LogP contribution in [-0.2, 0) is 0 Å². The molecule has 4 rings (SSSR count). The minimum Gasteiger partial charge on any atom is -0.194 e. The molecule has 2 aliphatic rings. The van der Waals surface area contributed by atoms with Crippen molar-refractivity contribution in [2.75, 3.05) is 0 Å². The number of hydrogen-bond donors (Lipinski definition) is 0. The molecule has 2 heterocycles. The second-order valence-corrected chi connectivity index (χ2v) is 5.96. The van der Waals surface area contributed by atoms with E-state index in [-0.39, 0.29) is 0 Å². The molecule has 21 heavy (non-hydrogen) atoms. The number of hydrogen-bond acceptors (Lipinski definition) is 0. The van der Waals surface area contributed by atoms with Gasteiger partial charge in [-0.15, -0.1) is 0 Å². The van der Waals surface area contributed by atoms with E-state index in [0.717, 1.165) is 0 Å². The zero-order valence-corrected chi connectivity index (χ0v) is 12.4. The van der Waals surface area contributed by atoms with Gasteiger partial charge in [-0.3, -0.25) is 0 Å². The van der Waals surface area contributed by atoms with Crippen molar-refractivity contribution in [3.05, 3.63) is 82.6 Å². The van der Waals surface area contributed by atoms with Crippen LogP contribution >= 0.6 is 0 Å². The zero-order chi connectivity index (χ0) is 14.4. The Hall–Kier alpha value is -2.41. The normalized spacial score (nSPS) is 18.9. The van der Waals surface area contributed by atoms with Gasteiger partial charge in [-0.05, 0) is 25.0 Å². The molecule has 0 spiro atoms. The molecule has 0 aliphatic carbocycles. The molecule has 0 N–H and O–H groups in total. The first-order valence-electron chi connectivity index (χ1n) is 7.41. The lowest BCUT2D eigenvalue weighted by Crippen LogP contribution is -2.12. The van der Waals surface area contributed by atoms with Crippen molar-refractivity contribution >= 4 is 17.9 Å². The zero-order valence-electron chi connectivity index (χ0n) is 12.4. The summed E-state index contributed by atoms with van der Waals surface area (Å²) in [5.74, 6) is 0. The van der Waals surface area contributed by atoms with Crippen LogP contribution in [0, 0.1) is 13.8 Å². The summed E-state index contributed by atoms with van der Waals surface area (Å²) < 4.78 is 2.30. The number of nitrogens with zero attached hydrogens (tertiary/aromatic N) is 1. The Labute approximate surface area is 125 Å². The number of rotatable bonds is 1. The first-order chi connectivity index (χ1) is 10.2. The summed E-state index contributed by atoms with van der Waals surface area (Å²) in [6.45, 7) is 4.32. The highest BCUT2D eigenvalue weighted by Crippen LogP contribution is 2.34. The van der Waals surface area contributed by atoms with E-state index in [9.17, 15) is 0 Å². The first-order valence-corrected chi connectivity index (χ1v) is 7.41. The van der Waals surface area contributed by atoms with Crippen LogP contribution in [-0.4, -0.2) is 10.8 Å². The summed E-state index contributed by atoms with van der Waals surface area (Å²) in [7, 11) is 0. The van der Waals surface area contributed by atoms with Gasteiger partial charge in [0.2, 0.25) is 6.04 Å². The fraction of sp³-hybridized carbons (Fsp3) is 0.150. The Morgan fingerprint density at radius 2 is 1.71 bits per heavy atom. The lowest BCUT2D eigenvalue weighted by molar-refractivity contribution is -0.484. The number of aryl methyl sites for hydroxylation is 2. The average Bonchev–Trinajstić information content (AvgIpc) is 2.91. The molecule has 1 unspecified atom stereocenters. The lowest BCUT2D eigenvalue weighted by atomic mass is 9.96. The van der Waals surface area contributed by atoms with Gasteiger partial charge in [0.05, 0.1) is 0 Å². The van der Waals surface area contributed by atoms with E-state index in [4.69, 9.17) is 0 Å². The van der Waals surface area contributed by atoms with Crippen molar-refractivity contribution in [1.29, 1.82) is 0 Å². The molecule has 102 valence electrons. The maximum atomic E-state index is 2.37. The van der Waals surface area contributed by atoms with Gasteiger partial charge in [0.15, 0.2) is 12.4 Å². The van der Waals surface area contributed by atoms with E-state index in [1.165, 1.54) is 33.4 Å². The molecule has 0 fully saturated rings. The highest BCUT2D eigenvalue weighted by Gasteiger charge is 2.30. The molecule has 2 aliphatic heterocycles. The summed E-state index contributed by atoms with van der Waals surface area (Å²) in [5, 5.41) is 0. The predicted molar refractivity (Wildman–Crippen MR) is 88.4 cm³/mol. The molecule has 0 radical (unpaired) electrons. The molecular weight excluding hydrogens is 254 g/mol. The first kappa shape index (κ1) is 12.3. The Balaban J connectivity index is 1.82. The summed E-state index contributed by atoms with van der Waals surface area (Å²) in [6.07, 6.45) is 9.00. The van der Waals surface area contributed by atoms with Crippen LogP contribution in [0.25, 0.3) is 11.6 Å². The van der Waals surface area contributed by atoms with E-state index in [1.807, 2.05) is 0 Å². The predicted octanol–water partition coefficient (Wildman–Crippen LogP) is 4.51. The van der Waals surface area contributed by atoms with E-state index >= 15 is 0 Å². The maximum Gasteiger partial charge on any atom is 0.203 e. The average molecular weight is 272 g/mol. The van der Waals surface area contributed by atoms with E-state index in [1.54, 1.807) is 0 Å². The summed E-state index contributed by atoms with van der Waals surface area (Å²) in [4.78, 5) is 0. The van der Waals surface area contributed by atoms with Crippen LogP contribution < -0.4 is 0 Å². The van der Waals surface area contributed by atoms with Crippen LogP contribution in [0.5, 0.6) is 0 Å². The Morgan fingerprint density at radius 1 is 0.952 bits per heavy atom. The van der Waals surface area contributed by atoms with E-state index in [2.05, 4.69) is 85.5 Å². The SMILES string of the molecule is Cc1cc(C)cc(C2=CC3c4ccccc4C=C[N+]3=C2)c1. The van der Waals surface area contributed by atoms with Crippen molar-refractivity contribution in [3.63, 3.8) is 0 Å². The fourth-order valence-electron chi connectivity index (χ4n) is 3.34. The van der Waals surface area contributed by atoms with Crippen molar-refractivity contribution in [2.45, 2.75) is 19.9 Å². The molecule has 2 aromatic carbocycles. The molecule has 0 bridgehead atoms. The number of allylic oxidation sites excluding steroid dienone is 1. The van der Waals surface area contributed by atoms with Gasteiger partial charge >= 0.3 is 0 Å². The third kappa shape index (κ3) is 2.06. The lowest BCUT2D eigenvalue weighted by Gasteiger charge is -2.13. The molecule has 0 amide bonds. The number of benzene rings is 2. The molecule has 1 atom stereocenters. The van der Waals surface area contributed by atoms with Crippen LogP contribution in [0.15, 0.2) is 54.7 Å². The van der Waals surface area contributed by atoms with Gasteiger partial charge in [-0.25, -0.2) is 0 Å². The van der Waals surface area contributed by atoms with Gasteiger partial charge in [0.1, 0.15) is 0 Å². The monoisotopic (exact) mass is 272 g/mol. The fourth-order valence-corrected chi connectivity index (χ4v) is 3.34. The van der Waals surface area contributed by atoms with Crippen LogP contribution in [0.3, 0.4) is 0 Å². The Morgan fingerprint density at radius 3 is 2.52 bits per heavy atom. The maximum absolute atomic E-state index is 2.37. The standard InChI is InChI=1S/C20H18N/c1-14-9-15(2)11-17(10-14)18-12-20-19-6-4-3-5-16(19)7-8-21(20)13-18/h3-13,20H,1-2H3/q+1. The molecule has 1 heteroatoms. The summed E-state index contributed by atoms with van der Waals surface area (Å²) in [6, 6.07) is 15.7. The molecule has 1 nitrogen and oxygen atoms in total. The Bertz CT molecular complexity index is 801. The highest BCUT2D eigenvalue weighted by atomic mass is 15.0. The van der Waals surface area contributed by atoms with Crippen LogP contribution in [0.1, 0.15) is 33.9 Å². The van der Waals surface area contributed by atoms with Crippen molar-refractivity contribution in [2.24, 2.45) is 0 Å². The molecular formula is C20H18N+. The number of fused-ring (bicyclic) bond motifs is 3. The Kier molecular flexibility index (Phi) is 2.68. The van der Waals surface area contributed by atoms with E-state index in [0.29, 0.717) is 6.04 Å². The third-order valence-corrected chi connectivity index (χ3v) is 4.24. The topological polar surface area (TPSA) is 3.01 Å². The van der Waals surface area contributed by atoms with Crippen LogP contribution in [0.4, 0.5) is 0 Å². The molecule has 0 saturated carbocycles. The highest BCUT2D eigenvalue weighted by molar-refractivity contribution is 6.09. The van der Waals surface area contributed by atoms with Crippen molar-refractivity contribution in [3.8, 4) is 0 Å². The third-order valence-electron chi connectivity index (χ3n) is 4.24. The second-order valence-electron chi connectivity index (χ2n) is 5.96. The van der Waals surface area contributed by atoms with Crippen molar-refractivity contribution in [1.82, 2.24) is 0 Å². The minimum absolute atomic E-state index is 0.335.